The van der Waals surface area contributed by atoms with Gasteiger partial charge in [-0.15, -0.1) is 0 Å². The molecule has 1 fully saturated rings. The van der Waals surface area contributed by atoms with Crippen molar-refractivity contribution in [3.8, 4) is 0 Å². The fraction of sp³-hybridized carbons (Fsp3) is 0.357. The topological polar surface area (TPSA) is 107 Å². The average molecular weight is 292 g/mol. The van der Waals surface area contributed by atoms with Crippen molar-refractivity contribution in [2.75, 3.05) is 11.9 Å². The Morgan fingerprint density at radius 3 is 2.05 bits per heavy atom. The van der Waals surface area contributed by atoms with E-state index in [1.807, 2.05) is 6.92 Å². The summed E-state index contributed by atoms with van der Waals surface area (Å²) in [7, 11) is 0. The predicted octanol–water partition coefficient (Wildman–Crippen LogP) is 2.10. The minimum atomic E-state index is -1.25. The molecule has 0 aromatic heterocycles. The van der Waals surface area contributed by atoms with E-state index in [0.717, 1.165) is 18.9 Å². The van der Waals surface area contributed by atoms with Crippen LogP contribution in [0.2, 0.25) is 0 Å². The number of carboxylic acid groups (broad SMARTS) is 2. The lowest BCUT2D eigenvalue weighted by Crippen LogP contribution is -2.36. The van der Waals surface area contributed by atoms with Crippen molar-refractivity contribution in [3.63, 3.8) is 0 Å². The molecule has 0 saturated heterocycles. The summed E-state index contributed by atoms with van der Waals surface area (Å²) in [6.45, 7) is 2.40. The number of urea groups is 1. The molecule has 0 radical (unpaired) electrons. The molecule has 2 rings (SSSR count). The second kappa shape index (κ2) is 5.82. The number of nitrogens with zero attached hydrogens (tertiary/aromatic N) is 1. The molecular weight excluding hydrogens is 276 g/mol. The van der Waals surface area contributed by atoms with Crippen LogP contribution in [-0.2, 0) is 0 Å². The highest BCUT2D eigenvalue weighted by Crippen LogP contribution is 2.27. The number of carbonyl (C=O) groups is 3. The highest BCUT2D eigenvalue weighted by Gasteiger charge is 2.31. The molecule has 112 valence electrons. The van der Waals surface area contributed by atoms with Crippen LogP contribution < -0.4 is 5.32 Å². The first-order chi connectivity index (χ1) is 9.92. The lowest BCUT2D eigenvalue weighted by atomic mass is 10.1. The van der Waals surface area contributed by atoms with E-state index >= 15 is 0 Å². The van der Waals surface area contributed by atoms with Crippen LogP contribution in [-0.4, -0.2) is 45.7 Å². The van der Waals surface area contributed by atoms with Gasteiger partial charge in [0.15, 0.2) is 0 Å². The van der Waals surface area contributed by atoms with Crippen LogP contribution in [0.4, 0.5) is 10.5 Å². The number of benzene rings is 1. The van der Waals surface area contributed by atoms with E-state index in [1.165, 1.54) is 12.1 Å². The molecule has 1 aliphatic rings. The van der Waals surface area contributed by atoms with Crippen LogP contribution in [0.3, 0.4) is 0 Å². The highest BCUT2D eigenvalue weighted by atomic mass is 16.4. The normalized spacial score (nSPS) is 13.6. The molecule has 1 aromatic rings. The Bertz CT molecular complexity index is 563. The molecule has 7 nitrogen and oxygen atoms in total. The summed E-state index contributed by atoms with van der Waals surface area (Å²) in [4.78, 5) is 35.8. The van der Waals surface area contributed by atoms with E-state index in [4.69, 9.17) is 10.2 Å². The second-order valence-electron chi connectivity index (χ2n) is 4.86. The van der Waals surface area contributed by atoms with Gasteiger partial charge in [-0.3, -0.25) is 0 Å². The minimum Gasteiger partial charge on any atom is -0.478 e. The third-order valence-corrected chi connectivity index (χ3v) is 3.27. The Balaban J connectivity index is 2.23. The standard InChI is InChI=1S/C14H16N2O5/c1-2-16(11-3-4-11)14(21)15-10-6-8(12(17)18)5-9(7-10)13(19)20/h5-7,11H,2-4H2,1H3,(H,15,21)(H,17,18)(H,19,20). The van der Waals surface area contributed by atoms with E-state index in [9.17, 15) is 14.4 Å². The summed E-state index contributed by atoms with van der Waals surface area (Å²) in [6.07, 6.45) is 1.91. The SMILES string of the molecule is CCN(C(=O)Nc1cc(C(=O)O)cc(C(=O)O)c1)C1CC1. The largest absolute Gasteiger partial charge is 0.478 e. The average Bonchev–Trinajstić information content (AvgIpc) is 3.23. The number of rotatable bonds is 5. The van der Waals surface area contributed by atoms with E-state index in [2.05, 4.69) is 5.32 Å². The molecule has 0 spiro atoms. The van der Waals surface area contributed by atoms with Crippen molar-refractivity contribution in [1.29, 1.82) is 0 Å². The number of nitrogens with one attached hydrogen (secondary N) is 1. The Kier molecular flexibility index (Phi) is 4.11. The molecule has 0 bridgehead atoms. The van der Waals surface area contributed by atoms with E-state index in [0.29, 0.717) is 6.54 Å². The van der Waals surface area contributed by atoms with Gasteiger partial charge in [0, 0.05) is 18.3 Å². The first-order valence-electron chi connectivity index (χ1n) is 6.61. The van der Waals surface area contributed by atoms with Crippen molar-refractivity contribution in [3.05, 3.63) is 29.3 Å². The van der Waals surface area contributed by atoms with Gasteiger partial charge in [-0.25, -0.2) is 14.4 Å². The molecule has 7 heteroatoms. The zero-order valence-corrected chi connectivity index (χ0v) is 11.5. The number of anilines is 1. The molecule has 1 aliphatic carbocycles. The van der Waals surface area contributed by atoms with Gasteiger partial charge in [-0.05, 0) is 38.0 Å². The van der Waals surface area contributed by atoms with Crippen LogP contribution in [0.25, 0.3) is 0 Å². The lowest BCUT2D eigenvalue weighted by Gasteiger charge is -2.21. The monoisotopic (exact) mass is 292 g/mol. The lowest BCUT2D eigenvalue weighted by molar-refractivity contribution is 0.0696. The first-order valence-corrected chi connectivity index (χ1v) is 6.61. The summed E-state index contributed by atoms with van der Waals surface area (Å²) in [5.41, 5.74) is -0.198. The van der Waals surface area contributed by atoms with Gasteiger partial charge in [0.1, 0.15) is 0 Å². The molecule has 1 saturated carbocycles. The molecule has 0 aliphatic heterocycles. The summed E-state index contributed by atoms with van der Waals surface area (Å²) in [5.74, 6) is -2.49. The van der Waals surface area contributed by atoms with E-state index < -0.39 is 11.9 Å². The van der Waals surface area contributed by atoms with Gasteiger partial charge in [-0.1, -0.05) is 0 Å². The summed E-state index contributed by atoms with van der Waals surface area (Å²) < 4.78 is 0. The van der Waals surface area contributed by atoms with Crippen molar-refractivity contribution in [1.82, 2.24) is 4.90 Å². The molecule has 0 atom stereocenters. The quantitative estimate of drug-likeness (QED) is 0.770. The highest BCUT2D eigenvalue weighted by molar-refractivity contribution is 5.98. The summed E-state index contributed by atoms with van der Waals surface area (Å²) in [5, 5.41) is 20.5. The Labute approximate surface area is 121 Å². The molecule has 0 heterocycles. The molecule has 1 aromatic carbocycles. The smallest absolute Gasteiger partial charge is 0.335 e. The van der Waals surface area contributed by atoms with Gasteiger partial charge < -0.3 is 20.4 Å². The van der Waals surface area contributed by atoms with Crippen molar-refractivity contribution >= 4 is 23.7 Å². The number of carbonyl (C=O) groups excluding carboxylic acids is 1. The van der Waals surface area contributed by atoms with Crippen molar-refractivity contribution in [2.45, 2.75) is 25.8 Å². The fourth-order valence-electron chi connectivity index (χ4n) is 2.10. The fourth-order valence-corrected chi connectivity index (χ4v) is 2.10. The third-order valence-electron chi connectivity index (χ3n) is 3.27. The molecular formula is C14H16N2O5. The van der Waals surface area contributed by atoms with Gasteiger partial charge in [-0.2, -0.15) is 0 Å². The zero-order chi connectivity index (χ0) is 15.6. The third kappa shape index (κ3) is 3.50. The van der Waals surface area contributed by atoms with Gasteiger partial charge >= 0.3 is 18.0 Å². The van der Waals surface area contributed by atoms with Crippen molar-refractivity contribution < 1.29 is 24.6 Å². The maximum atomic E-state index is 12.1. The maximum absolute atomic E-state index is 12.1. The zero-order valence-electron chi connectivity index (χ0n) is 11.5. The van der Waals surface area contributed by atoms with Crippen LogP contribution in [0.15, 0.2) is 18.2 Å². The number of carboxylic acids is 2. The van der Waals surface area contributed by atoms with E-state index in [1.54, 1.807) is 4.90 Å². The molecule has 21 heavy (non-hydrogen) atoms. The van der Waals surface area contributed by atoms with Crippen LogP contribution in [0, 0.1) is 0 Å². The second-order valence-corrected chi connectivity index (χ2v) is 4.86. The van der Waals surface area contributed by atoms with Crippen molar-refractivity contribution in [2.24, 2.45) is 0 Å². The molecule has 2 amide bonds. The maximum Gasteiger partial charge on any atom is 0.335 e. The Morgan fingerprint density at radius 2 is 1.67 bits per heavy atom. The predicted molar refractivity (Wildman–Crippen MR) is 74.8 cm³/mol. The number of hydrogen-bond acceptors (Lipinski definition) is 3. The number of aromatic carboxylic acids is 2. The summed E-state index contributed by atoms with van der Waals surface area (Å²) in [6, 6.07) is 3.41. The van der Waals surface area contributed by atoms with Gasteiger partial charge in [0.2, 0.25) is 0 Å². The minimum absolute atomic E-state index is 0.163. The Hall–Kier alpha value is -2.57. The molecule has 0 unspecified atom stereocenters. The number of hydrogen-bond donors (Lipinski definition) is 3. The van der Waals surface area contributed by atoms with Crippen LogP contribution in [0.1, 0.15) is 40.5 Å². The van der Waals surface area contributed by atoms with E-state index in [-0.39, 0.29) is 28.9 Å². The van der Waals surface area contributed by atoms with Gasteiger partial charge in [0.05, 0.1) is 11.1 Å². The van der Waals surface area contributed by atoms with Crippen LogP contribution in [0.5, 0.6) is 0 Å². The Morgan fingerprint density at radius 1 is 1.14 bits per heavy atom. The number of amides is 2. The summed E-state index contributed by atoms with van der Waals surface area (Å²) >= 11 is 0. The first kappa shape index (κ1) is 14.8. The van der Waals surface area contributed by atoms with Crippen LogP contribution >= 0.6 is 0 Å². The molecule has 3 N–H and O–H groups in total. The van der Waals surface area contributed by atoms with Gasteiger partial charge in [0.25, 0.3) is 0 Å².